The molecule has 0 amide bonds. The van der Waals surface area contributed by atoms with Crippen molar-refractivity contribution in [1.29, 1.82) is 0 Å². The molecule has 100 valence electrons. The highest BCUT2D eigenvalue weighted by Gasteiger charge is 2.29. The highest BCUT2D eigenvalue weighted by atomic mass is 35.5. The fourth-order valence-corrected chi connectivity index (χ4v) is 2.93. The van der Waals surface area contributed by atoms with Crippen molar-refractivity contribution in [2.24, 2.45) is 0 Å². The number of nitrogens with zero attached hydrogens (tertiary/aromatic N) is 4. The summed E-state index contributed by atoms with van der Waals surface area (Å²) in [5.41, 5.74) is 0.211. The molecule has 7 nitrogen and oxygen atoms in total. The molecule has 2 heterocycles. The van der Waals surface area contributed by atoms with E-state index < -0.39 is 0 Å². The lowest BCUT2D eigenvalue weighted by Gasteiger charge is -2.06. The molecule has 2 aromatic rings. The summed E-state index contributed by atoms with van der Waals surface area (Å²) in [4.78, 5) is 19.5. The Bertz CT molecular complexity index is 666. The van der Waals surface area contributed by atoms with Gasteiger partial charge in [0.05, 0.1) is 6.61 Å². The summed E-state index contributed by atoms with van der Waals surface area (Å²) < 4.78 is 1.61. The molecule has 0 aromatic carbocycles. The van der Waals surface area contributed by atoms with Crippen LogP contribution in [0.1, 0.15) is 24.4 Å². The first-order valence-electron chi connectivity index (χ1n) is 5.65. The zero-order chi connectivity index (χ0) is 13.4. The zero-order valence-electron chi connectivity index (χ0n) is 9.71. The van der Waals surface area contributed by atoms with Crippen molar-refractivity contribution >= 4 is 23.4 Å². The number of hydrogen-bond donors (Lipinski definition) is 2. The van der Waals surface area contributed by atoms with E-state index in [1.807, 2.05) is 0 Å². The maximum absolute atomic E-state index is 11.7. The van der Waals surface area contributed by atoms with Crippen LogP contribution in [-0.2, 0) is 6.61 Å². The van der Waals surface area contributed by atoms with Crippen LogP contribution in [0.25, 0.3) is 0 Å². The van der Waals surface area contributed by atoms with Gasteiger partial charge in [0.15, 0.2) is 5.16 Å². The molecule has 3 rings (SSSR count). The molecule has 0 atom stereocenters. The van der Waals surface area contributed by atoms with Crippen LogP contribution >= 0.6 is 23.4 Å². The molecular formula is C10H10ClN5O2S. The second-order valence-corrected chi connectivity index (χ2v) is 5.43. The largest absolute Gasteiger partial charge is 0.391 e. The van der Waals surface area contributed by atoms with E-state index in [2.05, 4.69) is 20.2 Å². The Kier molecular flexibility index (Phi) is 3.29. The summed E-state index contributed by atoms with van der Waals surface area (Å²) in [6, 6.07) is 0.212. The lowest BCUT2D eigenvalue weighted by molar-refractivity contribution is 0.277. The molecule has 1 aliphatic rings. The second-order valence-electron chi connectivity index (χ2n) is 4.12. The molecule has 1 saturated carbocycles. The molecule has 1 aliphatic carbocycles. The standard InChI is InChI=1S/C10H10ClN5O2S/c11-7-6(3-17)8(13-4-12-7)19-10-15-14-9(18)16(10)5-1-2-5/h4-5,17H,1-3H2,(H,14,18). The van der Waals surface area contributed by atoms with Gasteiger partial charge >= 0.3 is 5.69 Å². The van der Waals surface area contributed by atoms with Crippen LogP contribution in [0.2, 0.25) is 5.15 Å². The smallest absolute Gasteiger partial charge is 0.344 e. The molecule has 9 heteroatoms. The minimum absolute atomic E-state index is 0.204. The number of hydrogen-bond acceptors (Lipinski definition) is 6. The number of aromatic amines is 1. The Morgan fingerprint density at radius 2 is 2.32 bits per heavy atom. The van der Waals surface area contributed by atoms with Crippen molar-refractivity contribution in [2.45, 2.75) is 35.7 Å². The highest BCUT2D eigenvalue weighted by molar-refractivity contribution is 7.99. The molecule has 2 aromatic heterocycles. The lowest BCUT2D eigenvalue weighted by atomic mass is 10.4. The van der Waals surface area contributed by atoms with E-state index in [4.69, 9.17) is 11.6 Å². The van der Waals surface area contributed by atoms with Crippen molar-refractivity contribution < 1.29 is 5.11 Å². The third-order valence-electron chi connectivity index (χ3n) is 2.78. The Morgan fingerprint density at radius 3 is 3.00 bits per heavy atom. The number of aliphatic hydroxyl groups is 1. The molecule has 0 spiro atoms. The van der Waals surface area contributed by atoms with Gasteiger partial charge in [-0.25, -0.2) is 19.9 Å². The number of rotatable bonds is 4. The van der Waals surface area contributed by atoms with Crippen LogP contribution in [-0.4, -0.2) is 29.8 Å². The number of nitrogens with one attached hydrogen (secondary N) is 1. The monoisotopic (exact) mass is 299 g/mol. The Balaban J connectivity index is 1.98. The molecule has 2 N–H and O–H groups in total. The predicted molar refractivity (Wildman–Crippen MR) is 68.2 cm³/mol. The van der Waals surface area contributed by atoms with Crippen molar-refractivity contribution in [2.75, 3.05) is 0 Å². The minimum atomic E-state index is -0.264. The summed E-state index contributed by atoms with van der Waals surface area (Å²) in [7, 11) is 0. The van der Waals surface area contributed by atoms with E-state index in [9.17, 15) is 9.90 Å². The Hall–Kier alpha value is -1.38. The lowest BCUT2D eigenvalue weighted by Crippen LogP contribution is -2.16. The van der Waals surface area contributed by atoms with Gasteiger partial charge in [-0.15, -0.1) is 5.10 Å². The maximum Gasteiger partial charge on any atom is 0.344 e. The first-order valence-corrected chi connectivity index (χ1v) is 6.85. The molecular weight excluding hydrogens is 290 g/mol. The summed E-state index contributed by atoms with van der Waals surface area (Å²) >= 11 is 7.09. The van der Waals surface area contributed by atoms with Gasteiger partial charge in [0.2, 0.25) is 0 Å². The van der Waals surface area contributed by atoms with Crippen molar-refractivity contribution in [3.05, 3.63) is 27.5 Å². The van der Waals surface area contributed by atoms with E-state index in [1.165, 1.54) is 18.1 Å². The SMILES string of the molecule is O=c1[nH]nc(Sc2ncnc(Cl)c2CO)n1C1CC1. The van der Waals surface area contributed by atoms with Gasteiger partial charge in [-0.3, -0.25) is 4.57 Å². The zero-order valence-corrected chi connectivity index (χ0v) is 11.3. The topological polar surface area (TPSA) is 96.7 Å². The predicted octanol–water partition coefficient (Wildman–Crippen LogP) is 0.993. The van der Waals surface area contributed by atoms with E-state index in [-0.39, 0.29) is 23.5 Å². The van der Waals surface area contributed by atoms with E-state index >= 15 is 0 Å². The van der Waals surface area contributed by atoms with Crippen molar-refractivity contribution in [1.82, 2.24) is 24.7 Å². The highest BCUT2D eigenvalue weighted by Crippen LogP contribution is 2.38. The van der Waals surface area contributed by atoms with E-state index in [1.54, 1.807) is 4.57 Å². The normalized spacial score (nSPS) is 14.8. The van der Waals surface area contributed by atoms with Crippen LogP contribution in [0, 0.1) is 0 Å². The van der Waals surface area contributed by atoms with Gasteiger partial charge in [-0.1, -0.05) is 11.6 Å². The summed E-state index contributed by atoms with van der Waals surface area (Å²) in [6.45, 7) is -0.264. The fraction of sp³-hybridized carbons (Fsp3) is 0.400. The maximum atomic E-state index is 11.7. The van der Waals surface area contributed by atoms with E-state index in [0.29, 0.717) is 15.7 Å². The fourth-order valence-electron chi connectivity index (χ4n) is 1.70. The summed E-state index contributed by atoms with van der Waals surface area (Å²) in [6.07, 6.45) is 3.27. The second kappa shape index (κ2) is 4.95. The number of aliphatic hydroxyl groups excluding tert-OH is 1. The van der Waals surface area contributed by atoms with Crippen LogP contribution in [0.3, 0.4) is 0 Å². The summed E-state index contributed by atoms with van der Waals surface area (Å²) in [5, 5.41) is 16.9. The molecule has 0 radical (unpaired) electrons. The van der Waals surface area contributed by atoms with E-state index in [0.717, 1.165) is 12.8 Å². The average molecular weight is 300 g/mol. The van der Waals surface area contributed by atoms with Crippen molar-refractivity contribution in [3.63, 3.8) is 0 Å². The quantitative estimate of drug-likeness (QED) is 0.817. The van der Waals surface area contributed by atoms with Crippen LogP contribution in [0.15, 0.2) is 21.3 Å². The first kappa shape index (κ1) is 12.6. The number of H-pyrrole nitrogens is 1. The third-order valence-corrected chi connectivity index (χ3v) is 4.12. The van der Waals surface area contributed by atoms with Gasteiger partial charge in [-0.05, 0) is 24.6 Å². The van der Waals surface area contributed by atoms with Gasteiger partial charge in [0.1, 0.15) is 16.5 Å². The van der Waals surface area contributed by atoms with Crippen LogP contribution < -0.4 is 5.69 Å². The van der Waals surface area contributed by atoms with Gasteiger partial charge in [-0.2, -0.15) is 0 Å². The van der Waals surface area contributed by atoms with Gasteiger partial charge < -0.3 is 5.11 Å². The Labute approximate surface area is 117 Å². The number of halogens is 1. The van der Waals surface area contributed by atoms with Gasteiger partial charge in [0.25, 0.3) is 0 Å². The molecule has 0 unspecified atom stereocenters. The molecule has 0 saturated heterocycles. The molecule has 0 aliphatic heterocycles. The van der Waals surface area contributed by atoms with Crippen molar-refractivity contribution in [3.8, 4) is 0 Å². The third kappa shape index (κ3) is 2.38. The Morgan fingerprint density at radius 1 is 1.53 bits per heavy atom. The number of aromatic nitrogens is 5. The average Bonchev–Trinajstić information content (AvgIpc) is 3.15. The van der Waals surface area contributed by atoms with Crippen LogP contribution in [0.4, 0.5) is 0 Å². The molecule has 0 bridgehead atoms. The molecule has 1 fully saturated rings. The summed E-state index contributed by atoms with van der Waals surface area (Å²) in [5.74, 6) is 0. The minimum Gasteiger partial charge on any atom is -0.391 e. The van der Waals surface area contributed by atoms with Crippen LogP contribution in [0.5, 0.6) is 0 Å². The first-order chi connectivity index (χ1) is 9.20. The molecule has 19 heavy (non-hydrogen) atoms. The van der Waals surface area contributed by atoms with Gasteiger partial charge in [0, 0.05) is 11.6 Å².